The van der Waals surface area contributed by atoms with Crippen molar-refractivity contribution in [3.8, 4) is 10.6 Å². The van der Waals surface area contributed by atoms with Crippen molar-refractivity contribution in [3.05, 3.63) is 39.3 Å². The van der Waals surface area contributed by atoms with Crippen molar-refractivity contribution in [2.24, 2.45) is 5.73 Å². The van der Waals surface area contributed by atoms with Crippen molar-refractivity contribution in [2.75, 3.05) is 6.54 Å². The van der Waals surface area contributed by atoms with Gasteiger partial charge >= 0.3 is 0 Å². The predicted molar refractivity (Wildman–Crippen MR) is 102 cm³/mol. The Labute approximate surface area is 156 Å². The van der Waals surface area contributed by atoms with Crippen LogP contribution < -0.4 is 11.1 Å². The van der Waals surface area contributed by atoms with Gasteiger partial charge in [0.1, 0.15) is 5.01 Å². The van der Waals surface area contributed by atoms with Crippen LogP contribution >= 0.6 is 34.5 Å². The summed E-state index contributed by atoms with van der Waals surface area (Å²) in [7, 11) is 0. The summed E-state index contributed by atoms with van der Waals surface area (Å²) in [6, 6.07) is 5.29. The standard InChI is InChI=1S/C17H21Cl2N3OS/c1-3-17(20,4-2)10-21-15(23)8-12-9-24-16(22-12)13-6-5-11(18)7-14(13)19/h5-7,9H,3-4,8,10,20H2,1-2H3,(H,21,23). The summed E-state index contributed by atoms with van der Waals surface area (Å²) in [5, 5.41) is 6.67. The Morgan fingerprint density at radius 1 is 1.33 bits per heavy atom. The van der Waals surface area contributed by atoms with Gasteiger partial charge in [0.2, 0.25) is 5.91 Å². The molecule has 0 spiro atoms. The normalized spacial score (nSPS) is 11.5. The van der Waals surface area contributed by atoms with E-state index in [1.54, 1.807) is 12.1 Å². The van der Waals surface area contributed by atoms with Crippen LogP contribution in [0.1, 0.15) is 32.4 Å². The minimum atomic E-state index is -0.347. The van der Waals surface area contributed by atoms with Gasteiger partial charge in [0.15, 0.2) is 0 Å². The molecule has 1 amide bonds. The van der Waals surface area contributed by atoms with E-state index in [0.717, 1.165) is 23.4 Å². The van der Waals surface area contributed by atoms with E-state index >= 15 is 0 Å². The summed E-state index contributed by atoms with van der Waals surface area (Å²) in [5.74, 6) is -0.0780. The number of hydrogen-bond donors (Lipinski definition) is 2. The Morgan fingerprint density at radius 2 is 2.04 bits per heavy atom. The summed E-state index contributed by atoms with van der Waals surface area (Å²) in [6.45, 7) is 4.52. The molecule has 3 N–H and O–H groups in total. The molecule has 0 radical (unpaired) electrons. The lowest BCUT2D eigenvalue weighted by Gasteiger charge is -2.26. The molecule has 2 aromatic rings. The first-order valence-electron chi connectivity index (χ1n) is 7.82. The summed E-state index contributed by atoms with van der Waals surface area (Å²) < 4.78 is 0. The van der Waals surface area contributed by atoms with Gasteiger partial charge in [0, 0.05) is 28.0 Å². The molecule has 2 rings (SSSR count). The SMILES string of the molecule is CCC(N)(CC)CNC(=O)Cc1csc(-c2ccc(Cl)cc2Cl)n1. The van der Waals surface area contributed by atoms with Crippen molar-refractivity contribution in [1.29, 1.82) is 0 Å². The lowest BCUT2D eigenvalue weighted by atomic mass is 9.94. The van der Waals surface area contributed by atoms with E-state index in [0.29, 0.717) is 22.3 Å². The topological polar surface area (TPSA) is 68.0 Å². The molecule has 4 nitrogen and oxygen atoms in total. The first kappa shape index (κ1) is 19.2. The second-order valence-electron chi connectivity index (χ2n) is 5.79. The molecule has 0 saturated heterocycles. The summed E-state index contributed by atoms with van der Waals surface area (Å²) in [6.07, 6.45) is 1.87. The molecule has 1 heterocycles. The minimum absolute atomic E-state index is 0.0780. The van der Waals surface area contributed by atoms with Gasteiger partial charge in [-0.2, -0.15) is 0 Å². The molecule has 0 aliphatic rings. The Balaban J connectivity index is 2.00. The minimum Gasteiger partial charge on any atom is -0.354 e. The summed E-state index contributed by atoms with van der Waals surface area (Å²) in [4.78, 5) is 16.6. The molecule has 0 aliphatic carbocycles. The quantitative estimate of drug-likeness (QED) is 0.746. The third-order valence-corrected chi connectivity index (χ3v) is 5.57. The van der Waals surface area contributed by atoms with Crippen LogP contribution in [0.15, 0.2) is 23.6 Å². The van der Waals surface area contributed by atoms with Gasteiger partial charge < -0.3 is 11.1 Å². The van der Waals surface area contributed by atoms with Gasteiger partial charge in [-0.25, -0.2) is 4.98 Å². The molecule has 0 saturated carbocycles. The number of nitrogens with two attached hydrogens (primary N) is 1. The van der Waals surface area contributed by atoms with Crippen LogP contribution in [-0.4, -0.2) is 23.0 Å². The molecule has 0 atom stereocenters. The highest BCUT2D eigenvalue weighted by Gasteiger charge is 2.21. The molecule has 0 aliphatic heterocycles. The monoisotopic (exact) mass is 385 g/mol. The molecule has 1 aromatic carbocycles. The van der Waals surface area contributed by atoms with Crippen molar-refractivity contribution >= 4 is 40.4 Å². The van der Waals surface area contributed by atoms with Crippen LogP contribution in [0.5, 0.6) is 0 Å². The van der Waals surface area contributed by atoms with E-state index in [1.165, 1.54) is 11.3 Å². The Bertz CT molecular complexity index is 714. The fourth-order valence-electron chi connectivity index (χ4n) is 2.18. The molecule has 7 heteroatoms. The number of benzene rings is 1. The average molecular weight is 386 g/mol. The Kier molecular flexibility index (Phi) is 6.63. The predicted octanol–water partition coefficient (Wildman–Crippen LogP) is 4.29. The molecule has 0 unspecified atom stereocenters. The van der Waals surface area contributed by atoms with E-state index in [9.17, 15) is 4.79 Å². The number of halogens is 2. The van der Waals surface area contributed by atoms with E-state index in [2.05, 4.69) is 10.3 Å². The zero-order valence-corrected chi connectivity index (χ0v) is 16.1. The third kappa shape index (κ3) is 4.93. The molecular weight excluding hydrogens is 365 g/mol. The highest BCUT2D eigenvalue weighted by Crippen LogP contribution is 2.32. The molecule has 130 valence electrons. The second-order valence-corrected chi connectivity index (χ2v) is 7.49. The highest BCUT2D eigenvalue weighted by atomic mass is 35.5. The van der Waals surface area contributed by atoms with Crippen LogP contribution in [0.2, 0.25) is 10.0 Å². The number of nitrogens with zero attached hydrogens (tertiary/aromatic N) is 1. The van der Waals surface area contributed by atoms with Gasteiger partial charge in [-0.05, 0) is 31.0 Å². The Hall–Kier alpha value is -1.14. The van der Waals surface area contributed by atoms with Crippen molar-refractivity contribution < 1.29 is 4.79 Å². The van der Waals surface area contributed by atoms with Gasteiger partial charge in [-0.1, -0.05) is 37.0 Å². The van der Waals surface area contributed by atoms with Crippen LogP contribution in [0, 0.1) is 0 Å². The number of hydrogen-bond acceptors (Lipinski definition) is 4. The van der Waals surface area contributed by atoms with Gasteiger partial charge in [-0.15, -0.1) is 11.3 Å². The zero-order valence-electron chi connectivity index (χ0n) is 13.7. The zero-order chi connectivity index (χ0) is 17.7. The van der Waals surface area contributed by atoms with Crippen LogP contribution in [0.4, 0.5) is 0 Å². The molecule has 1 aromatic heterocycles. The number of nitrogens with one attached hydrogen (secondary N) is 1. The van der Waals surface area contributed by atoms with Crippen molar-refractivity contribution in [1.82, 2.24) is 10.3 Å². The average Bonchev–Trinajstić information content (AvgIpc) is 3.00. The number of amides is 1. The lowest BCUT2D eigenvalue weighted by molar-refractivity contribution is -0.120. The molecule has 0 bridgehead atoms. The Morgan fingerprint density at radius 3 is 2.67 bits per heavy atom. The van der Waals surface area contributed by atoms with Crippen LogP contribution in [-0.2, 0) is 11.2 Å². The molecule has 0 fully saturated rings. The van der Waals surface area contributed by atoms with E-state index in [1.807, 2.05) is 25.3 Å². The maximum Gasteiger partial charge on any atom is 0.226 e. The maximum atomic E-state index is 12.1. The number of carbonyl (C=O) groups excluding carboxylic acids is 1. The highest BCUT2D eigenvalue weighted by molar-refractivity contribution is 7.13. The number of carbonyl (C=O) groups is 1. The van der Waals surface area contributed by atoms with Gasteiger partial charge in [0.05, 0.1) is 17.1 Å². The summed E-state index contributed by atoms with van der Waals surface area (Å²) in [5.41, 5.74) is 7.38. The largest absolute Gasteiger partial charge is 0.354 e. The number of aromatic nitrogens is 1. The van der Waals surface area contributed by atoms with Crippen LogP contribution in [0.25, 0.3) is 10.6 Å². The van der Waals surface area contributed by atoms with Crippen molar-refractivity contribution in [2.45, 2.75) is 38.6 Å². The van der Waals surface area contributed by atoms with E-state index < -0.39 is 0 Å². The lowest BCUT2D eigenvalue weighted by Crippen LogP contribution is -2.49. The van der Waals surface area contributed by atoms with Crippen molar-refractivity contribution in [3.63, 3.8) is 0 Å². The second kappa shape index (κ2) is 8.30. The number of rotatable bonds is 7. The van der Waals surface area contributed by atoms with Gasteiger partial charge in [-0.3, -0.25) is 4.79 Å². The first-order valence-corrected chi connectivity index (χ1v) is 9.46. The fraction of sp³-hybridized carbons (Fsp3) is 0.412. The van der Waals surface area contributed by atoms with E-state index in [-0.39, 0.29) is 17.9 Å². The van der Waals surface area contributed by atoms with Gasteiger partial charge in [0.25, 0.3) is 0 Å². The maximum absolute atomic E-state index is 12.1. The number of thiazole rings is 1. The smallest absolute Gasteiger partial charge is 0.226 e. The third-order valence-electron chi connectivity index (χ3n) is 4.10. The van der Waals surface area contributed by atoms with Crippen LogP contribution in [0.3, 0.4) is 0 Å². The molecule has 24 heavy (non-hydrogen) atoms. The fourth-order valence-corrected chi connectivity index (χ4v) is 3.59. The van der Waals surface area contributed by atoms with E-state index in [4.69, 9.17) is 28.9 Å². The summed E-state index contributed by atoms with van der Waals surface area (Å²) >= 11 is 13.6. The molecular formula is C17H21Cl2N3OS. The first-order chi connectivity index (χ1) is 11.4.